The molecule has 26 heavy (non-hydrogen) atoms. The average Bonchev–Trinajstić information content (AvgIpc) is 3.12. The fraction of sp³-hybridized carbons (Fsp3) is 0.333. The Bertz CT molecular complexity index is 1020. The molecule has 1 N–H and O–H groups in total. The van der Waals surface area contributed by atoms with E-state index in [1.54, 1.807) is 24.3 Å². The van der Waals surface area contributed by atoms with Crippen LogP contribution in [0.4, 0.5) is 5.69 Å². The Kier molecular flexibility index (Phi) is 4.32. The normalized spacial score (nSPS) is 14.7. The van der Waals surface area contributed by atoms with Crippen LogP contribution in [-0.4, -0.2) is 18.6 Å². The lowest BCUT2D eigenvalue weighted by Crippen LogP contribution is -2.11. The van der Waals surface area contributed by atoms with Crippen molar-refractivity contribution in [1.29, 1.82) is 0 Å². The van der Waals surface area contributed by atoms with Crippen molar-refractivity contribution in [3.05, 3.63) is 47.9 Å². The van der Waals surface area contributed by atoms with E-state index < -0.39 is 10.0 Å². The molecule has 0 unspecified atom stereocenters. The lowest BCUT2D eigenvalue weighted by molar-refractivity contribution is 0.509. The van der Waals surface area contributed by atoms with Gasteiger partial charge in [0.1, 0.15) is 4.21 Å². The Morgan fingerprint density at radius 1 is 1.12 bits per heavy atom. The molecule has 0 aliphatic heterocycles. The third kappa shape index (κ3) is 3.52. The summed E-state index contributed by atoms with van der Waals surface area (Å²) in [5.41, 5.74) is 1.70. The number of hydrogen-bond acceptors (Lipinski definition) is 6. The van der Waals surface area contributed by atoms with Crippen molar-refractivity contribution in [1.82, 2.24) is 10.2 Å². The number of anilines is 1. The van der Waals surface area contributed by atoms with Crippen LogP contribution in [0.25, 0.3) is 10.8 Å². The van der Waals surface area contributed by atoms with Gasteiger partial charge in [0, 0.05) is 11.6 Å². The van der Waals surface area contributed by atoms with Crippen LogP contribution in [-0.2, 0) is 10.0 Å². The molecule has 2 aromatic heterocycles. The van der Waals surface area contributed by atoms with Gasteiger partial charge in [0.05, 0.1) is 4.88 Å². The second kappa shape index (κ2) is 6.51. The van der Waals surface area contributed by atoms with Crippen molar-refractivity contribution in [2.75, 3.05) is 4.72 Å². The van der Waals surface area contributed by atoms with Gasteiger partial charge in [-0.1, -0.05) is 26.0 Å². The zero-order chi connectivity index (χ0) is 18.3. The van der Waals surface area contributed by atoms with Gasteiger partial charge in [0.2, 0.25) is 5.89 Å². The highest BCUT2D eigenvalue weighted by Crippen LogP contribution is 2.40. The van der Waals surface area contributed by atoms with E-state index in [1.165, 1.54) is 0 Å². The highest BCUT2D eigenvalue weighted by atomic mass is 32.2. The van der Waals surface area contributed by atoms with E-state index in [0.717, 1.165) is 29.7 Å². The molecule has 3 aromatic rings. The largest absolute Gasteiger partial charge is 0.420 e. The van der Waals surface area contributed by atoms with Gasteiger partial charge < -0.3 is 4.42 Å². The van der Waals surface area contributed by atoms with E-state index >= 15 is 0 Å². The lowest BCUT2D eigenvalue weighted by Gasteiger charge is -2.09. The van der Waals surface area contributed by atoms with E-state index in [2.05, 4.69) is 28.8 Å². The number of sulfonamides is 1. The van der Waals surface area contributed by atoms with Crippen molar-refractivity contribution in [3.63, 3.8) is 0 Å². The summed E-state index contributed by atoms with van der Waals surface area (Å²) in [5.74, 6) is 1.78. The van der Waals surface area contributed by atoms with Gasteiger partial charge >= 0.3 is 0 Å². The molecular formula is C18H19N3O3S2. The summed E-state index contributed by atoms with van der Waals surface area (Å²) in [5, 5.41) is 8.07. The van der Waals surface area contributed by atoms with Gasteiger partial charge in [0.25, 0.3) is 15.9 Å². The van der Waals surface area contributed by atoms with Crippen LogP contribution in [0, 0.1) is 0 Å². The number of nitrogens with one attached hydrogen (secondary N) is 1. The van der Waals surface area contributed by atoms with Gasteiger partial charge in [-0.3, -0.25) is 4.72 Å². The molecule has 1 fully saturated rings. The zero-order valence-electron chi connectivity index (χ0n) is 14.5. The molecule has 2 heterocycles. The van der Waals surface area contributed by atoms with Crippen LogP contribution in [0.5, 0.6) is 0 Å². The summed E-state index contributed by atoms with van der Waals surface area (Å²) in [7, 11) is -3.65. The topological polar surface area (TPSA) is 85.1 Å². The third-order valence-electron chi connectivity index (χ3n) is 4.25. The van der Waals surface area contributed by atoms with Crippen molar-refractivity contribution < 1.29 is 12.8 Å². The van der Waals surface area contributed by atoms with E-state index in [1.807, 2.05) is 12.1 Å². The Morgan fingerprint density at radius 3 is 2.50 bits per heavy atom. The first kappa shape index (κ1) is 17.2. The number of nitrogens with zero attached hydrogens (tertiary/aromatic N) is 2. The Balaban J connectivity index is 1.53. The molecule has 136 valence electrons. The molecule has 0 bridgehead atoms. The molecule has 0 amide bonds. The van der Waals surface area contributed by atoms with Crippen LogP contribution in [0.3, 0.4) is 0 Å². The lowest BCUT2D eigenvalue weighted by atomic mass is 10.0. The molecule has 0 atom stereocenters. The molecule has 0 spiro atoms. The molecular weight excluding hydrogens is 370 g/mol. The van der Waals surface area contributed by atoms with Crippen LogP contribution < -0.4 is 4.72 Å². The summed E-state index contributed by atoms with van der Waals surface area (Å²) >= 11 is 1.12. The SMILES string of the molecule is CC(C)c1ccc(NS(=O)(=O)c2ccc(-c3nnc(C4CC4)o3)s2)cc1. The van der Waals surface area contributed by atoms with Crippen molar-refractivity contribution >= 4 is 27.0 Å². The average molecular weight is 390 g/mol. The summed E-state index contributed by atoms with van der Waals surface area (Å²) in [6.45, 7) is 4.19. The van der Waals surface area contributed by atoms with E-state index in [4.69, 9.17) is 4.42 Å². The maximum absolute atomic E-state index is 12.6. The van der Waals surface area contributed by atoms with Crippen LogP contribution in [0.15, 0.2) is 45.0 Å². The summed E-state index contributed by atoms with van der Waals surface area (Å²) in [6.07, 6.45) is 2.15. The molecule has 1 saturated carbocycles. The maximum Gasteiger partial charge on any atom is 0.271 e. The minimum atomic E-state index is -3.65. The molecule has 1 aliphatic carbocycles. The van der Waals surface area contributed by atoms with E-state index in [9.17, 15) is 8.42 Å². The number of benzene rings is 1. The number of aromatic nitrogens is 2. The van der Waals surface area contributed by atoms with Gasteiger partial charge in [-0.15, -0.1) is 21.5 Å². The smallest absolute Gasteiger partial charge is 0.271 e. The highest BCUT2D eigenvalue weighted by Gasteiger charge is 2.30. The van der Waals surface area contributed by atoms with E-state index in [-0.39, 0.29) is 4.21 Å². The first-order chi connectivity index (χ1) is 12.4. The summed E-state index contributed by atoms with van der Waals surface area (Å²) in [4.78, 5) is 0.653. The Morgan fingerprint density at radius 2 is 1.85 bits per heavy atom. The number of hydrogen-bond donors (Lipinski definition) is 1. The number of thiophene rings is 1. The van der Waals surface area contributed by atoms with Crippen molar-refractivity contribution in [2.45, 2.75) is 42.7 Å². The standard InChI is InChI=1S/C18H19N3O3S2/c1-11(2)12-5-7-14(8-6-12)21-26(22,23)16-10-9-15(25-16)18-20-19-17(24-18)13-3-4-13/h5-11,13,21H,3-4H2,1-2H3. The molecule has 8 heteroatoms. The molecule has 1 aromatic carbocycles. The summed E-state index contributed by atoms with van der Waals surface area (Å²) < 4.78 is 33.7. The summed E-state index contributed by atoms with van der Waals surface area (Å²) in [6, 6.07) is 10.7. The molecule has 1 aliphatic rings. The van der Waals surface area contributed by atoms with Gasteiger partial charge in [-0.2, -0.15) is 0 Å². The second-order valence-electron chi connectivity index (χ2n) is 6.72. The quantitative estimate of drug-likeness (QED) is 0.666. The van der Waals surface area contributed by atoms with Crippen LogP contribution in [0.2, 0.25) is 0 Å². The Hall–Kier alpha value is -2.19. The predicted octanol–water partition coefficient (Wildman–Crippen LogP) is 4.60. The fourth-order valence-electron chi connectivity index (χ4n) is 2.55. The van der Waals surface area contributed by atoms with Gasteiger partial charge in [-0.05, 0) is 48.6 Å². The first-order valence-electron chi connectivity index (χ1n) is 8.49. The third-order valence-corrected chi connectivity index (χ3v) is 7.20. The van der Waals surface area contributed by atoms with Crippen LogP contribution >= 0.6 is 11.3 Å². The maximum atomic E-state index is 12.6. The van der Waals surface area contributed by atoms with Gasteiger partial charge in [0.15, 0.2) is 0 Å². The molecule has 0 saturated heterocycles. The molecule has 0 radical (unpaired) electrons. The minimum absolute atomic E-state index is 0.214. The fourth-order valence-corrected chi connectivity index (χ4v) is 4.84. The molecule has 6 nitrogen and oxygen atoms in total. The van der Waals surface area contributed by atoms with E-state index in [0.29, 0.717) is 34.2 Å². The van der Waals surface area contributed by atoms with Gasteiger partial charge in [-0.25, -0.2) is 8.42 Å². The van der Waals surface area contributed by atoms with Crippen molar-refractivity contribution in [3.8, 4) is 10.8 Å². The number of rotatable bonds is 6. The Labute approximate surface area is 156 Å². The monoisotopic (exact) mass is 389 g/mol. The first-order valence-corrected chi connectivity index (χ1v) is 10.8. The second-order valence-corrected chi connectivity index (χ2v) is 9.71. The molecule has 4 rings (SSSR count). The minimum Gasteiger partial charge on any atom is -0.420 e. The highest BCUT2D eigenvalue weighted by molar-refractivity contribution is 7.94. The predicted molar refractivity (Wildman–Crippen MR) is 101 cm³/mol. The van der Waals surface area contributed by atoms with Crippen molar-refractivity contribution in [2.24, 2.45) is 0 Å². The zero-order valence-corrected chi connectivity index (χ0v) is 16.1. The van der Waals surface area contributed by atoms with Crippen LogP contribution in [0.1, 0.15) is 50.0 Å².